The Morgan fingerprint density at radius 1 is 1.12 bits per heavy atom. The SMILES string of the molecule is O=C(CCOCc1ccccc1)N1CCCC1C1CCCCC1O. The summed E-state index contributed by atoms with van der Waals surface area (Å²) in [7, 11) is 0. The number of nitrogens with zero attached hydrogens (tertiary/aromatic N) is 1. The third-order valence-corrected chi connectivity index (χ3v) is 5.47. The summed E-state index contributed by atoms with van der Waals surface area (Å²) in [6, 6.07) is 10.3. The molecule has 1 aliphatic heterocycles. The normalized spacial score (nSPS) is 27.4. The zero-order chi connectivity index (χ0) is 16.8. The van der Waals surface area contributed by atoms with E-state index in [0.29, 0.717) is 19.6 Å². The van der Waals surface area contributed by atoms with Crippen LogP contribution < -0.4 is 0 Å². The number of hydrogen-bond acceptors (Lipinski definition) is 3. The van der Waals surface area contributed by atoms with Crippen molar-refractivity contribution in [3.8, 4) is 0 Å². The summed E-state index contributed by atoms with van der Waals surface area (Å²) < 4.78 is 5.65. The zero-order valence-electron chi connectivity index (χ0n) is 14.4. The van der Waals surface area contributed by atoms with Crippen molar-refractivity contribution in [1.82, 2.24) is 4.90 Å². The number of carbonyl (C=O) groups excluding carboxylic acids is 1. The number of amides is 1. The second-order valence-electron chi connectivity index (χ2n) is 7.10. The fraction of sp³-hybridized carbons (Fsp3) is 0.650. The van der Waals surface area contributed by atoms with E-state index in [4.69, 9.17) is 4.74 Å². The van der Waals surface area contributed by atoms with Crippen LogP contribution in [0.15, 0.2) is 30.3 Å². The molecule has 4 nitrogen and oxygen atoms in total. The predicted molar refractivity (Wildman–Crippen MR) is 93.4 cm³/mol. The van der Waals surface area contributed by atoms with E-state index in [1.807, 2.05) is 35.2 Å². The summed E-state index contributed by atoms with van der Waals surface area (Å²) in [5.41, 5.74) is 1.13. The van der Waals surface area contributed by atoms with Gasteiger partial charge in [-0.05, 0) is 31.2 Å². The molecule has 1 saturated heterocycles. The van der Waals surface area contributed by atoms with E-state index < -0.39 is 0 Å². The Balaban J connectivity index is 1.45. The Morgan fingerprint density at radius 2 is 1.92 bits per heavy atom. The molecule has 132 valence electrons. The molecule has 1 saturated carbocycles. The first-order valence-electron chi connectivity index (χ1n) is 9.35. The molecule has 24 heavy (non-hydrogen) atoms. The first-order chi connectivity index (χ1) is 11.8. The van der Waals surface area contributed by atoms with E-state index in [1.54, 1.807) is 0 Å². The number of carbonyl (C=O) groups is 1. The fourth-order valence-corrected chi connectivity index (χ4v) is 4.20. The maximum atomic E-state index is 12.6. The van der Waals surface area contributed by atoms with Crippen LogP contribution in [0.1, 0.15) is 50.5 Å². The summed E-state index contributed by atoms with van der Waals surface area (Å²) in [6.45, 7) is 1.86. The fourth-order valence-electron chi connectivity index (χ4n) is 4.20. The molecule has 1 N–H and O–H groups in total. The monoisotopic (exact) mass is 331 g/mol. The van der Waals surface area contributed by atoms with Gasteiger partial charge >= 0.3 is 0 Å². The highest BCUT2D eigenvalue weighted by atomic mass is 16.5. The van der Waals surface area contributed by atoms with Gasteiger partial charge < -0.3 is 14.7 Å². The van der Waals surface area contributed by atoms with Crippen molar-refractivity contribution < 1.29 is 14.6 Å². The Bertz CT molecular complexity index is 519. The summed E-state index contributed by atoms with van der Waals surface area (Å²) in [4.78, 5) is 14.6. The second kappa shape index (κ2) is 8.63. The van der Waals surface area contributed by atoms with Gasteiger partial charge in [0.2, 0.25) is 5.91 Å². The molecule has 1 amide bonds. The van der Waals surface area contributed by atoms with Crippen LogP contribution in [-0.2, 0) is 16.1 Å². The maximum Gasteiger partial charge on any atom is 0.225 e. The summed E-state index contributed by atoms with van der Waals surface area (Å²) in [6.07, 6.45) is 6.55. The molecule has 1 aliphatic carbocycles. The highest BCUT2D eigenvalue weighted by Crippen LogP contribution is 2.34. The van der Waals surface area contributed by atoms with Crippen molar-refractivity contribution in [3.63, 3.8) is 0 Å². The van der Waals surface area contributed by atoms with Crippen molar-refractivity contribution in [2.45, 2.75) is 63.7 Å². The highest BCUT2D eigenvalue weighted by Gasteiger charge is 2.38. The van der Waals surface area contributed by atoms with Crippen molar-refractivity contribution >= 4 is 5.91 Å². The summed E-state index contributed by atoms with van der Waals surface area (Å²) in [5.74, 6) is 0.457. The highest BCUT2D eigenvalue weighted by molar-refractivity contribution is 5.77. The van der Waals surface area contributed by atoms with Crippen LogP contribution in [0.2, 0.25) is 0 Å². The average molecular weight is 331 g/mol. The molecule has 0 aromatic heterocycles. The topological polar surface area (TPSA) is 49.8 Å². The number of ether oxygens (including phenoxy) is 1. The molecule has 4 heteroatoms. The van der Waals surface area contributed by atoms with Crippen molar-refractivity contribution in [3.05, 3.63) is 35.9 Å². The van der Waals surface area contributed by atoms with Crippen molar-refractivity contribution in [2.24, 2.45) is 5.92 Å². The molecule has 3 unspecified atom stereocenters. The second-order valence-corrected chi connectivity index (χ2v) is 7.10. The molecule has 1 aromatic rings. The number of aliphatic hydroxyl groups is 1. The third kappa shape index (κ3) is 4.37. The summed E-state index contributed by atoms with van der Waals surface area (Å²) in [5, 5.41) is 10.3. The minimum Gasteiger partial charge on any atom is -0.393 e. The number of likely N-dealkylation sites (tertiary alicyclic amines) is 1. The lowest BCUT2D eigenvalue weighted by Crippen LogP contribution is -2.45. The number of rotatable bonds is 6. The van der Waals surface area contributed by atoms with E-state index in [9.17, 15) is 9.90 Å². The third-order valence-electron chi connectivity index (χ3n) is 5.47. The molecule has 1 heterocycles. The Labute approximate surface area is 144 Å². The Morgan fingerprint density at radius 3 is 2.71 bits per heavy atom. The molecule has 1 aromatic carbocycles. The molecule has 2 fully saturated rings. The van der Waals surface area contributed by atoms with Gasteiger partial charge in [0, 0.05) is 18.5 Å². The van der Waals surface area contributed by atoms with Gasteiger partial charge in [-0.25, -0.2) is 0 Å². The largest absolute Gasteiger partial charge is 0.393 e. The van der Waals surface area contributed by atoms with Gasteiger partial charge in [-0.1, -0.05) is 43.2 Å². The van der Waals surface area contributed by atoms with Crippen LogP contribution >= 0.6 is 0 Å². The van der Waals surface area contributed by atoms with Gasteiger partial charge in [-0.15, -0.1) is 0 Å². The number of benzene rings is 1. The minimum atomic E-state index is -0.230. The Kier molecular flexibility index (Phi) is 6.27. The van der Waals surface area contributed by atoms with Crippen molar-refractivity contribution in [2.75, 3.05) is 13.2 Å². The van der Waals surface area contributed by atoms with E-state index in [1.165, 1.54) is 6.42 Å². The van der Waals surface area contributed by atoms with Crippen LogP contribution in [0.4, 0.5) is 0 Å². The van der Waals surface area contributed by atoms with Gasteiger partial charge in [0.25, 0.3) is 0 Å². The predicted octanol–water partition coefficient (Wildman–Crippen LogP) is 3.14. The van der Waals surface area contributed by atoms with Crippen LogP contribution in [0.3, 0.4) is 0 Å². The molecule has 0 spiro atoms. The van der Waals surface area contributed by atoms with E-state index in [0.717, 1.165) is 44.2 Å². The average Bonchev–Trinajstić information content (AvgIpc) is 3.09. The van der Waals surface area contributed by atoms with Gasteiger partial charge in [0.1, 0.15) is 0 Å². The Hall–Kier alpha value is -1.39. The molecule has 0 radical (unpaired) electrons. The summed E-state index contributed by atoms with van der Waals surface area (Å²) >= 11 is 0. The van der Waals surface area contributed by atoms with Gasteiger partial charge in [-0.3, -0.25) is 4.79 Å². The van der Waals surface area contributed by atoms with Crippen LogP contribution in [0, 0.1) is 5.92 Å². The standard InChI is InChI=1S/C20H29NO3/c22-19-11-5-4-9-17(19)18-10-6-13-21(18)20(23)12-14-24-15-16-7-2-1-3-8-16/h1-3,7-8,17-19,22H,4-6,9-15H2. The van der Waals surface area contributed by atoms with Gasteiger partial charge in [-0.2, -0.15) is 0 Å². The lowest BCUT2D eigenvalue weighted by Gasteiger charge is -2.37. The zero-order valence-corrected chi connectivity index (χ0v) is 14.4. The van der Waals surface area contributed by atoms with Crippen LogP contribution in [-0.4, -0.2) is 41.2 Å². The van der Waals surface area contributed by atoms with E-state index in [2.05, 4.69) is 0 Å². The van der Waals surface area contributed by atoms with Crippen LogP contribution in [0.5, 0.6) is 0 Å². The molecule has 0 bridgehead atoms. The lowest BCUT2D eigenvalue weighted by atomic mass is 9.80. The smallest absolute Gasteiger partial charge is 0.225 e. The molecule has 3 rings (SSSR count). The molecule has 3 atom stereocenters. The first kappa shape index (κ1) is 17.4. The van der Waals surface area contributed by atoms with Gasteiger partial charge in [0.15, 0.2) is 0 Å². The van der Waals surface area contributed by atoms with E-state index in [-0.39, 0.29) is 24.0 Å². The van der Waals surface area contributed by atoms with Crippen LogP contribution in [0.25, 0.3) is 0 Å². The molecule has 2 aliphatic rings. The molecular weight excluding hydrogens is 302 g/mol. The number of hydrogen-bond donors (Lipinski definition) is 1. The lowest BCUT2D eigenvalue weighted by molar-refractivity contribution is -0.135. The first-order valence-corrected chi connectivity index (χ1v) is 9.35. The molecular formula is C20H29NO3. The van der Waals surface area contributed by atoms with Crippen molar-refractivity contribution in [1.29, 1.82) is 0 Å². The quantitative estimate of drug-likeness (QED) is 0.815. The van der Waals surface area contributed by atoms with E-state index >= 15 is 0 Å². The number of aliphatic hydroxyl groups excluding tert-OH is 1. The maximum absolute atomic E-state index is 12.6. The van der Waals surface area contributed by atoms with Gasteiger partial charge in [0.05, 0.1) is 25.7 Å². The minimum absolute atomic E-state index is 0.184.